The number of benzene rings is 1. The van der Waals surface area contributed by atoms with Crippen LogP contribution in [0.4, 0.5) is 0 Å². The number of hydrogen-bond acceptors (Lipinski definition) is 4. The normalized spacial score (nSPS) is 10.6. The molecule has 0 amide bonds. The maximum absolute atomic E-state index is 12.0. The van der Waals surface area contributed by atoms with Gasteiger partial charge in [-0.2, -0.15) is 5.26 Å². The van der Waals surface area contributed by atoms with Crippen LogP contribution < -0.4 is 0 Å². The molecule has 4 nitrogen and oxygen atoms in total. The van der Waals surface area contributed by atoms with E-state index in [1.54, 1.807) is 0 Å². The molecule has 126 valence electrons. The van der Waals surface area contributed by atoms with Gasteiger partial charge in [0.25, 0.3) is 0 Å². The molecule has 0 saturated carbocycles. The van der Waals surface area contributed by atoms with Crippen LogP contribution >= 0.6 is 27.7 Å². The van der Waals surface area contributed by atoms with E-state index >= 15 is 0 Å². The molecule has 2 heterocycles. The minimum atomic E-state index is -0.300. The molecule has 0 saturated heterocycles. The number of carbonyl (C=O) groups excluding carboxylic acids is 1. The van der Waals surface area contributed by atoms with Crippen molar-refractivity contribution in [1.29, 1.82) is 5.26 Å². The number of hydrogen-bond donors (Lipinski definition) is 0. The van der Waals surface area contributed by atoms with E-state index in [-0.39, 0.29) is 18.3 Å². The number of carbonyl (C=O) groups is 1. The molecule has 3 rings (SSSR count). The van der Waals surface area contributed by atoms with Crippen LogP contribution in [0.25, 0.3) is 5.52 Å². The Hall–Kier alpha value is -2.23. The van der Waals surface area contributed by atoms with Gasteiger partial charge < -0.3 is 9.14 Å². The Morgan fingerprint density at radius 1 is 1.36 bits per heavy atom. The molecular formula is C19H15BrN2O2S. The van der Waals surface area contributed by atoms with Crippen molar-refractivity contribution in [3.8, 4) is 6.07 Å². The number of aromatic nitrogens is 1. The molecule has 0 fully saturated rings. The fraction of sp³-hybridized carbons (Fsp3) is 0.158. The standard InChI is InChI=1S/C19H15BrN2O2S/c1-13-8-15(20)5-6-18(13)25-12-19(23)24-11-14-10-22-7-3-2-4-17(22)16(14)9-21/h2-8,10H,11-12H2,1H3. The smallest absolute Gasteiger partial charge is 0.316 e. The van der Waals surface area contributed by atoms with E-state index in [4.69, 9.17) is 4.74 Å². The van der Waals surface area contributed by atoms with Crippen LogP contribution in [0, 0.1) is 18.3 Å². The Kier molecular flexibility index (Phi) is 5.47. The summed E-state index contributed by atoms with van der Waals surface area (Å²) in [6.45, 7) is 2.10. The van der Waals surface area contributed by atoms with Crippen LogP contribution in [0.5, 0.6) is 0 Å². The molecule has 0 atom stereocenters. The van der Waals surface area contributed by atoms with Gasteiger partial charge >= 0.3 is 5.97 Å². The van der Waals surface area contributed by atoms with Crippen molar-refractivity contribution in [1.82, 2.24) is 4.40 Å². The fourth-order valence-electron chi connectivity index (χ4n) is 2.53. The lowest BCUT2D eigenvalue weighted by Gasteiger charge is -2.06. The molecule has 6 heteroatoms. The topological polar surface area (TPSA) is 54.5 Å². The van der Waals surface area contributed by atoms with Gasteiger partial charge in [0, 0.05) is 27.3 Å². The number of halogens is 1. The molecule has 1 aromatic carbocycles. The summed E-state index contributed by atoms with van der Waals surface area (Å²) in [4.78, 5) is 13.1. The molecular weight excluding hydrogens is 400 g/mol. The van der Waals surface area contributed by atoms with Crippen molar-refractivity contribution in [2.24, 2.45) is 0 Å². The Labute approximate surface area is 158 Å². The van der Waals surface area contributed by atoms with Crippen LogP contribution in [0.15, 0.2) is 58.2 Å². The first-order valence-electron chi connectivity index (χ1n) is 7.61. The molecule has 0 spiro atoms. The second-order valence-corrected chi connectivity index (χ2v) is 7.43. The summed E-state index contributed by atoms with van der Waals surface area (Å²) in [5, 5.41) is 9.36. The van der Waals surface area contributed by atoms with Gasteiger partial charge in [-0.1, -0.05) is 22.0 Å². The third-order valence-corrected chi connectivity index (χ3v) is 5.39. The Balaban J connectivity index is 1.62. The number of pyridine rings is 1. The third kappa shape index (κ3) is 4.06. The van der Waals surface area contributed by atoms with Crippen molar-refractivity contribution < 1.29 is 9.53 Å². The van der Waals surface area contributed by atoms with E-state index in [0.29, 0.717) is 11.1 Å². The van der Waals surface area contributed by atoms with Crippen LogP contribution in [0.3, 0.4) is 0 Å². The summed E-state index contributed by atoms with van der Waals surface area (Å²) in [6.07, 6.45) is 3.70. The molecule has 0 aliphatic heterocycles. The lowest BCUT2D eigenvalue weighted by molar-refractivity contribution is -0.141. The lowest BCUT2D eigenvalue weighted by atomic mass is 10.2. The van der Waals surface area contributed by atoms with Gasteiger partial charge in [0.05, 0.1) is 16.8 Å². The number of nitrogens with zero attached hydrogens (tertiary/aromatic N) is 2. The number of rotatable bonds is 5. The van der Waals surface area contributed by atoms with Gasteiger partial charge in [-0.3, -0.25) is 4.79 Å². The summed E-state index contributed by atoms with van der Waals surface area (Å²) in [7, 11) is 0. The highest BCUT2D eigenvalue weighted by atomic mass is 79.9. The van der Waals surface area contributed by atoms with Crippen molar-refractivity contribution in [2.75, 3.05) is 5.75 Å². The van der Waals surface area contributed by atoms with Crippen molar-refractivity contribution >= 4 is 39.2 Å². The lowest BCUT2D eigenvalue weighted by Crippen LogP contribution is -2.07. The zero-order chi connectivity index (χ0) is 17.8. The first-order valence-corrected chi connectivity index (χ1v) is 9.39. The summed E-state index contributed by atoms with van der Waals surface area (Å²) in [5.41, 5.74) is 3.19. The SMILES string of the molecule is Cc1cc(Br)ccc1SCC(=O)OCc1cn2ccccc2c1C#N. The van der Waals surface area contributed by atoms with E-state index < -0.39 is 0 Å². The molecule has 0 aliphatic rings. The van der Waals surface area contributed by atoms with Crippen molar-refractivity contribution in [3.05, 3.63) is 70.0 Å². The number of esters is 1. The van der Waals surface area contributed by atoms with Gasteiger partial charge in [-0.05, 0) is 42.8 Å². The summed E-state index contributed by atoms with van der Waals surface area (Å²) in [5.74, 6) is -0.0657. The number of aryl methyl sites for hydroxylation is 1. The minimum absolute atomic E-state index is 0.100. The third-order valence-electron chi connectivity index (χ3n) is 3.75. The molecule has 3 aromatic rings. The average molecular weight is 415 g/mol. The van der Waals surface area contributed by atoms with Crippen LogP contribution in [0.2, 0.25) is 0 Å². The number of fused-ring (bicyclic) bond motifs is 1. The quantitative estimate of drug-likeness (QED) is 0.447. The highest BCUT2D eigenvalue weighted by Crippen LogP contribution is 2.25. The first-order chi connectivity index (χ1) is 12.1. The fourth-order valence-corrected chi connectivity index (χ4v) is 3.81. The second kappa shape index (κ2) is 7.77. The summed E-state index contributed by atoms with van der Waals surface area (Å²) in [6, 6.07) is 13.8. The van der Waals surface area contributed by atoms with Gasteiger partial charge in [0.15, 0.2) is 0 Å². The molecule has 2 aromatic heterocycles. The summed E-state index contributed by atoms with van der Waals surface area (Å²) >= 11 is 4.87. The highest BCUT2D eigenvalue weighted by molar-refractivity contribution is 9.10. The zero-order valence-corrected chi connectivity index (χ0v) is 15.9. The Morgan fingerprint density at radius 3 is 2.96 bits per heavy atom. The average Bonchev–Trinajstić information content (AvgIpc) is 2.96. The zero-order valence-electron chi connectivity index (χ0n) is 13.5. The largest absolute Gasteiger partial charge is 0.460 e. The van der Waals surface area contributed by atoms with Crippen LogP contribution in [-0.2, 0) is 16.1 Å². The molecule has 0 bridgehead atoms. The van der Waals surface area contributed by atoms with Crippen molar-refractivity contribution in [2.45, 2.75) is 18.4 Å². The maximum Gasteiger partial charge on any atom is 0.316 e. The second-order valence-electron chi connectivity index (χ2n) is 5.49. The van der Waals surface area contributed by atoms with E-state index in [1.165, 1.54) is 11.8 Å². The van der Waals surface area contributed by atoms with E-state index in [2.05, 4.69) is 22.0 Å². The van der Waals surface area contributed by atoms with Gasteiger partial charge in [-0.25, -0.2) is 0 Å². The molecule has 0 unspecified atom stereocenters. The maximum atomic E-state index is 12.0. The summed E-state index contributed by atoms with van der Waals surface area (Å²) < 4.78 is 8.23. The predicted octanol–water partition coefficient (Wildman–Crippen LogP) is 4.72. The Morgan fingerprint density at radius 2 is 2.20 bits per heavy atom. The van der Waals surface area contributed by atoms with E-state index in [1.807, 2.05) is 60.1 Å². The van der Waals surface area contributed by atoms with Gasteiger partial charge in [0.2, 0.25) is 0 Å². The molecule has 0 N–H and O–H groups in total. The van der Waals surface area contributed by atoms with Crippen LogP contribution in [-0.4, -0.2) is 16.1 Å². The predicted molar refractivity (Wildman–Crippen MR) is 102 cm³/mol. The highest BCUT2D eigenvalue weighted by Gasteiger charge is 2.13. The number of thioether (sulfide) groups is 1. The van der Waals surface area contributed by atoms with Gasteiger partial charge in [-0.15, -0.1) is 11.8 Å². The minimum Gasteiger partial charge on any atom is -0.460 e. The van der Waals surface area contributed by atoms with Crippen molar-refractivity contribution in [3.63, 3.8) is 0 Å². The number of nitriles is 1. The van der Waals surface area contributed by atoms with Gasteiger partial charge in [0.1, 0.15) is 12.7 Å². The monoisotopic (exact) mass is 414 g/mol. The first kappa shape index (κ1) is 17.6. The molecule has 0 aliphatic carbocycles. The number of ether oxygens (including phenoxy) is 1. The van der Waals surface area contributed by atoms with E-state index in [9.17, 15) is 10.1 Å². The van der Waals surface area contributed by atoms with E-state index in [0.717, 1.165) is 20.4 Å². The Bertz CT molecular complexity index is 975. The molecule has 25 heavy (non-hydrogen) atoms. The van der Waals surface area contributed by atoms with Crippen LogP contribution in [0.1, 0.15) is 16.7 Å². The molecule has 0 radical (unpaired) electrons.